The molecule has 0 unspecified atom stereocenters. The lowest BCUT2D eigenvalue weighted by Crippen LogP contribution is -2.40. The van der Waals surface area contributed by atoms with E-state index < -0.39 is 0 Å². The van der Waals surface area contributed by atoms with Crippen LogP contribution in [0.3, 0.4) is 0 Å². The van der Waals surface area contributed by atoms with E-state index in [2.05, 4.69) is 15.1 Å². The van der Waals surface area contributed by atoms with Gasteiger partial charge in [0.1, 0.15) is 0 Å². The Morgan fingerprint density at radius 3 is 2.79 bits per heavy atom. The molecule has 2 N–H and O–H groups in total. The Balaban J connectivity index is 2.36. The first-order valence-corrected chi connectivity index (χ1v) is 5.48. The maximum Gasteiger partial charge on any atom is 0.168 e. The van der Waals surface area contributed by atoms with E-state index in [-0.39, 0.29) is 6.61 Å². The van der Waals surface area contributed by atoms with Gasteiger partial charge < -0.3 is 15.3 Å². The Morgan fingerprint density at radius 2 is 2.14 bits per heavy atom. The topological polar surface area (TPSA) is 38.7 Å². The van der Waals surface area contributed by atoms with Gasteiger partial charge in [-0.2, -0.15) is 0 Å². The van der Waals surface area contributed by atoms with Gasteiger partial charge >= 0.3 is 0 Å². The Labute approximate surface area is 90.9 Å². The van der Waals surface area contributed by atoms with Crippen molar-refractivity contribution in [2.24, 2.45) is 0 Å². The summed E-state index contributed by atoms with van der Waals surface area (Å²) in [6, 6.07) is 0. The lowest BCUT2D eigenvalue weighted by Gasteiger charge is -2.23. The van der Waals surface area contributed by atoms with E-state index >= 15 is 0 Å². The molecule has 1 heterocycles. The summed E-state index contributed by atoms with van der Waals surface area (Å²) in [5, 5.41) is 12.7. The van der Waals surface area contributed by atoms with Gasteiger partial charge in [-0.25, -0.2) is 0 Å². The Morgan fingerprint density at radius 1 is 1.36 bits per heavy atom. The summed E-state index contributed by atoms with van der Waals surface area (Å²) in [6.45, 7) is 5.05. The van der Waals surface area contributed by atoms with Crippen molar-refractivity contribution in [3.8, 4) is 0 Å². The quantitative estimate of drug-likeness (QED) is 0.610. The maximum atomic E-state index is 8.84. The second-order valence-electron chi connectivity index (χ2n) is 3.46. The summed E-state index contributed by atoms with van der Waals surface area (Å²) < 4.78 is 0. The molecule has 1 aliphatic heterocycles. The normalized spacial score (nSPS) is 19.1. The molecule has 14 heavy (non-hydrogen) atoms. The van der Waals surface area contributed by atoms with Gasteiger partial charge in [0.25, 0.3) is 0 Å². The van der Waals surface area contributed by atoms with Crippen molar-refractivity contribution in [2.75, 3.05) is 46.4 Å². The second kappa shape index (κ2) is 6.16. The highest BCUT2D eigenvalue weighted by molar-refractivity contribution is 7.80. The van der Waals surface area contributed by atoms with Crippen LogP contribution in [0.15, 0.2) is 0 Å². The van der Waals surface area contributed by atoms with Crippen LogP contribution >= 0.6 is 12.2 Å². The molecule has 4 nitrogen and oxygen atoms in total. The monoisotopic (exact) mass is 217 g/mol. The molecule has 0 spiro atoms. The average Bonchev–Trinajstić information content (AvgIpc) is 2.43. The zero-order valence-electron chi connectivity index (χ0n) is 8.70. The molecule has 0 aromatic heterocycles. The van der Waals surface area contributed by atoms with Crippen LogP contribution in [0.25, 0.3) is 0 Å². The van der Waals surface area contributed by atoms with Crippen molar-refractivity contribution >= 4 is 17.3 Å². The second-order valence-corrected chi connectivity index (χ2v) is 3.85. The number of β-amino-alcohol motifs (C(OH)–C–C–N with tert-alkyl or cyclic N) is 1. The number of nitrogens with zero attached hydrogens (tertiary/aromatic N) is 2. The molecule has 1 rings (SSSR count). The summed E-state index contributed by atoms with van der Waals surface area (Å²) in [4.78, 5) is 4.46. The first kappa shape index (κ1) is 11.7. The van der Waals surface area contributed by atoms with Gasteiger partial charge in [-0.1, -0.05) is 0 Å². The van der Waals surface area contributed by atoms with E-state index in [0.29, 0.717) is 0 Å². The molecule has 0 atom stereocenters. The predicted molar refractivity (Wildman–Crippen MR) is 61.4 cm³/mol. The van der Waals surface area contributed by atoms with E-state index in [0.717, 1.165) is 44.3 Å². The third-order valence-electron chi connectivity index (χ3n) is 2.51. The predicted octanol–water partition coefficient (Wildman–Crippen LogP) is -0.509. The third kappa shape index (κ3) is 3.40. The zero-order valence-corrected chi connectivity index (χ0v) is 9.52. The standard InChI is InChI=1S/C9H19N3OS/c1-10-9(14)12-4-2-3-11(5-6-12)7-8-13/h13H,2-8H2,1H3,(H,10,14). The highest BCUT2D eigenvalue weighted by Gasteiger charge is 2.15. The van der Waals surface area contributed by atoms with Crippen molar-refractivity contribution in [3.05, 3.63) is 0 Å². The smallest absolute Gasteiger partial charge is 0.168 e. The van der Waals surface area contributed by atoms with Gasteiger partial charge in [-0.3, -0.25) is 4.90 Å². The Kier molecular flexibility index (Phi) is 5.14. The average molecular weight is 217 g/mol. The SMILES string of the molecule is CNC(=S)N1CCCN(CCO)CC1. The minimum Gasteiger partial charge on any atom is -0.395 e. The minimum absolute atomic E-state index is 0.247. The molecule has 82 valence electrons. The van der Waals surface area contributed by atoms with Crippen LogP contribution in [0.1, 0.15) is 6.42 Å². The fourth-order valence-corrected chi connectivity index (χ4v) is 1.88. The van der Waals surface area contributed by atoms with E-state index in [4.69, 9.17) is 17.3 Å². The molecule has 0 aromatic rings. The van der Waals surface area contributed by atoms with Crippen molar-refractivity contribution in [3.63, 3.8) is 0 Å². The first-order valence-electron chi connectivity index (χ1n) is 5.08. The number of nitrogens with one attached hydrogen (secondary N) is 1. The number of aliphatic hydroxyl groups is 1. The highest BCUT2D eigenvalue weighted by Crippen LogP contribution is 2.02. The van der Waals surface area contributed by atoms with E-state index in [1.165, 1.54) is 0 Å². The van der Waals surface area contributed by atoms with Gasteiger partial charge in [0.05, 0.1) is 6.61 Å². The summed E-state index contributed by atoms with van der Waals surface area (Å²) >= 11 is 5.19. The van der Waals surface area contributed by atoms with Gasteiger partial charge in [0.15, 0.2) is 5.11 Å². The highest BCUT2D eigenvalue weighted by atomic mass is 32.1. The number of aliphatic hydroxyl groups excluding tert-OH is 1. The first-order chi connectivity index (χ1) is 6.77. The Bertz CT molecular complexity index is 189. The lowest BCUT2D eigenvalue weighted by atomic mass is 10.4. The summed E-state index contributed by atoms with van der Waals surface area (Å²) in [6.07, 6.45) is 1.11. The van der Waals surface area contributed by atoms with Gasteiger partial charge in [-0.15, -0.1) is 0 Å². The van der Waals surface area contributed by atoms with Crippen molar-refractivity contribution in [1.29, 1.82) is 0 Å². The van der Waals surface area contributed by atoms with E-state index in [1.54, 1.807) is 0 Å². The summed E-state index contributed by atoms with van der Waals surface area (Å²) in [5.74, 6) is 0. The summed E-state index contributed by atoms with van der Waals surface area (Å²) in [5.41, 5.74) is 0. The molecule has 0 aliphatic carbocycles. The molecular weight excluding hydrogens is 198 g/mol. The van der Waals surface area contributed by atoms with Crippen LogP contribution in [-0.2, 0) is 0 Å². The molecule has 1 saturated heterocycles. The maximum absolute atomic E-state index is 8.84. The molecule has 0 amide bonds. The van der Waals surface area contributed by atoms with E-state index in [9.17, 15) is 0 Å². The molecule has 0 radical (unpaired) electrons. The van der Waals surface area contributed by atoms with Crippen LogP contribution in [-0.4, -0.2) is 66.4 Å². The minimum atomic E-state index is 0.247. The zero-order chi connectivity index (χ0) is 10.4. The van der Waals surface area contributed by atoms with Crippen molar-refractivity contribution in [2.45, 2.75) is 6.42 Å². The van der Waals surface area contributed by atoms with Gasteiger partial charge in [-0.05, 0) is 25.2 Å². The molecule has 0 saturated carbocycles. The van der Waals surface area contributed by atoms with Gasteiger partial charge in [0, 0.05) is 33.2 Å². The molecule has 1 fully saturated rings. The van der Waals surface area contributed by atoms with E-state index in [1.807, 2.05) is 7.05 Å². The molecule has 0 aromatic carbocycles. The van der Waals surface area contributed by atoms with Crippen LogP contribution in [0.2, 0.25) is 0 Å². The molecule has 5 heteroatoms. The molecule has 1 aliphatic rings. The number of rotatable bonds is 2. The van der Waals surface area contributed by atoms with Crippen LogP contribution in [0, 0.1) is 0 Å². The largest absolute Gasteiger partial charge is 0.395 e. The van der Waals surface area contributed by atoms with Crippen molar-refractivity contribution in [1.82, 2.24) is 15.1 Å². The third-order valence-corrected chi connectivity index (χ3v) is 2.97. The number of hydrogen-bond acceptors (Lipinski definition) is 3. The van der Waals surface area contributed by atoms with Crippen LogP contribution in [0.4, 0.5) is 0 Å². The fourth-order valence-electron chi connectivity index (χ4n) is 1.70. The number of thiocarbonyl (C=S) groups is 1. The lowest BCUT2D eigenvalue weighted by molar-refractivity contribution is 0.201. The van der Waals surface area contributed by atoms with Crippen LogP contribution in [0.5, 0.6) is 0 Å². The number of hydrogen-bond donors (Lipinski definition) is 2. The fraction of sp³-hybridized carbons (Fsp3) is 0.889. The van der Waals surface area contributed by atoms with Crippen LogP contribution < -0.4 is 5.32 Å². The summed E-state index contributed by atoms with van der Waals surface area (Å²) in [7, 11) is 1.86. The van der Waals surface area contributed by atoms with Crippen molar-refractivity contribution < 1.29 is 5.11 Å². The Hall–Kier alpha value is -0.390. The molecular formula is C9H19N3OS. The van der Waals surface area contributed by atoms with Gasteiger partial charge in [0.2, 0.25) is 0 Å². The molecule has 0 bridgehead atoms.